The van der Waals surface area contributed by atoms with Gasteiger partial charge in [-0.3, -0.25) is 4.79 Å². The summed E-state index contributed by atoms with van der Waals surface area (Å²) in [6, 6.07) is 1.01. The molecule has 0 saturated carbocycles. The molecule has 0 amide bonds. The van der Waals surface area contributed by atoms with Gasteiger partial charge in [-0.25, -0.2) is 4.79 Å². The monoisotopic (exact) mass is 414 g/mol. The number of aromatic carboxylic acids is 1. The zero-order valence-electron chi connectivity index (χ0n) is 14.6. The first-order valence-electron chi connectivity index (χ1n) is 7.73. The van der Waals surface area contributed by atoms with Crippen molar-refractivity contribution in [2.45, 2.75) is 39.3 Å². The molecule has 0 radical (unpaired) electrons. The lowest BCUT2D eigenvalue weighted by molar-refractivity contribution is 0.0694. The number of aryl methyl sites for hydroxylation is 1. The van der Waals surface area contributed by atoms with E-state index in [0.717, 1.165) is 6.04 Å². The fourth-order valence-corrected chi connectivity index (χ4v) is 4.06. The van der Waals surface area contributed by atoms with Gasteiger partial charge in [-0.05, 0) is 28.9 Å². The molecule has 0 aliphatic carbocycles. The maximum Gasteiger partial charge on any atom is 0.338 e. The lowest BCUT2D eigenvalue weighted by Gasteiger charge is -2.16. The van der Waals surface area contributed by atoms with E-state index >= 15 is 0 Å². The van der Waals surface area contributed by atoms with Crippen molar-refractivity contribution < 1.29 is 14.6 Å². The maximum atomic E-state index is 12.6. The average Bonchev–Trinajstić information content (AvgIpc) is 2.74. The fraction of sp³-hybridized carbons (Fsp3) is 0.500. The van der Waals surface area contributed by atoms with Crippen LogP contribution in [0.2, 0.25) is 25.7 Å². The van der Waals surface area contributed by atoms with Crippen LogP contribution >= 0.6 is 15.9 Å². The van der Waals surface area contributed by atoms with Gasteiger partial charge in [0.15, 0.2) is 0 Å². The molecule has 0 aliphatic rings. The summed E-state index contributed by atoms with van der Waals surface area (Å²) in [7, 11) is 0.439. The van der Waals surface area contributed by atoms with E-state index in [9.17, 15) is 14.7 Å². The van der Waals surface area contributed by atoms with Crippen molar-refractivity contribution >= 4 is 40.9 Å². The van der Waals surface area contributed by atoms with E-state index in [-0.39, 0.29) is 17.9 Å². The molecule has 0 fully saturated rings. The Kier molecular flexibility index (Phi) is 5.41. The predicted octanol–water partition coefficient (Wildman–Crippen LogP) is 3.42. The van der Waals surface area contributed by atoms with Crippen molar-refractivity contribution in [3.8, 4) is 0 Å². The second kappa shape index (κ2) is 6.85. The molecule has 2 aromatic heterocycles. The van der Waals surface area contributed by atoms with Crippen LogP contribution in [0.5, 0.6) is 0 Å². The maximum absolute atomic E-state index is 12.6. The number of rotatable bonds is 6. The molecular weight excluding hydrogens is 392 g/mol. The van der Waals surface area contributed by atoms with Gasteiger partial charge in [0.1, 0.15) is 12.2 Å². The van der Waals surface area contributed by atoms with Crippen LogP contribution in [0.25, 0.3) is 10.9 Å². The molecule has 0 aromatic carbocycles. The second-order valence-corrected chi connectivity index (χ2v) is 13.6. The van der Waals surface area contributed by atoms with Crippen molar-refractivity contribution in [2.24, 2.45) is 7.05 Å². The highest BCUT2D eigenvalue weighted by Gasteiger charge is 2.24. The Bertz CT molecular complexity index is 849. The number of hydrogen-bond donors (Lipinski definition) is 1. The molecule has 2 heterocycles. The molecule has 2 rings (SSSR count). The summed E-state index contributed by atoms with van der Waals surface area (Å²) in [5, 5.41) is 9.99. The lowest BCUT2D eigenvalue weighted by atomic mass is 10.1. The Morgan fingerprint density at radius 3 is 2.54 bits per heavy atom. The van der Waals surface area contributed by atoms with E-state index < -0.39 is 14.0 Å². The van der Waals surface area contributed by atoms with Gasteiger partial charge in [0, 0.05) is 43.5 Å². The third-order valence-electron chi connectivity index (χ3n) is 4.02. The van der Waals surface area contributed by atoms with Gasteiger partial charge in [-0.15, -0.1) is 0 Å². The highest BCUT2D eigenvalue weighted by atomic mass is 79.9. The van der Waals surface area contributed by atoms with Crippen LogP contribution in [0.1, 0.15) is 16.1 Å². The second-order valence-electron chi connectivity index (χ2n) is 7.16. The molecule has 8 heteroatoms. The average molecular weight is 415 g/mol. The summed E-state index contributed by atoms with van der Waals surface area (Å²) in [6.07, 6.45) is 1.59. The Morgan fingerprint density at radius 1 is 1.38 bits per heavy atom. The van der Waals surface area contributed by atoms with Gasteiger partial charge < -0.3 is 19.0 Å². The van der Waals surface area contributed by atoms with Gasteiger partial charge in [0.2, 0.25) is 0 Å². The smallest absolute Gasteiger partial charge is 0.338 e. The lowest BCUT2D eigenvalue weighted by Crippen LogP contribution is -2.23. The minimum absolute atomic E-state index is 0.142. The van der Waals surface area contributed by atoms with Crippen LogP contribution < -0.4 is 5.56 Å². The summed E-state index contributed by atoms with van der Waals surface area (Å²) in [5.74, 6) is -1.05. The van der Waals surface area contributed by atoms with Gasteiger partial charge in [-0.2, -0.15) is 0 Å². The van der Waals surface area contributed by atoms with E-state index in [2.05, 4.69) is 35.6 Å². The molecule has 0 atom stereocenters. The number of ether oxygens (including phenoxy) is 1. The largest absolute Gasteiger partial charge is 0.478 e. The van der Waals surface area contributed by atoms with Crippen LogP contribution in [0.4, 0.5) is 0 Å². The molecule has 0 unspecified atom stereocenters. The van der Waals surface area contributed by atoms with E-state index in [1.165, 1.54) is 4.57 Å². The fourth-order valence-electron chi connectivity index (χ4n) is 2.61. The molecule has 2 aromatic rings. The number of nitrogens with zero attached hydrogens (tertiary/aromatic N) is 2. The van der Waals surface area contributed by atoms with Crippen molar-refractivity contribution in [3.63, 3.8) is 0 Å². The predicted molar refractivity (Wildman–Crippen MR) is 101 cm³/mol. The van der Waals surface area contributed by atoms with Crippen LogP contribution in [0.3, 0.4) is 0 Å². The van der Waals surface area contributed by atoms with Crippen molar-refractivity contribution in [1.82, 2.24) is 9.13 Å². The normalized spacial score (nSPS) is 12.1. The molecule has 6 nitrogen and oxygen atoms in total. The summed E-state index contributed by atoms with van der Waals surface area (Å²) in [6.45, 7) is 9.28. The molecule has 1 N–H and O–H groups in total. The van der Waals surface area contributed by atoms with Crippen LogP contribution in [0.15, 0.2) is 15.5 Å². The highest BCUT2D eigenvalue weighted by Crippen LogP contribution is 2.30. The Balaban J connectivity index is 2.51. The van der Waals surface area contributed by atoms with Gasteiger partial charge in [0.05, 0.1) is 5.56 Å². The number of carboxylic acid groups (broad SMARTS) is 1. The number of carboxylic acids is 1. The van der Waals surface area contributed by atoms with Crippen LogP contribution in [0, 0.1) is 6.92 Å². The number of fused-ring (bicyclic) bond motifs is 1. The third-order valence-corrected chi connectivity index (χ3v) is 6.33. The molecular formula is C16H23BrN2O4Si. The topological polar surface area (TPSA) is 73.5 Å². The van der Waals surface area contributed by atoms with E-state index in [1.54, 1.807) is 24.7 Å². The van der Waals surface area contributed by atoms with Gasteiger partial charge in [-0.1, -0.05) is 19.6 Å². The van der Waals surface area contributed by atoms with Crippen molar-refractivity contribution in [3.05, 3.63) is 32.3 Å². The van der Waals surface area contributed by atoms with E-state index in [1.807, 2.05) is 0 Å². The Morgan fingerprint density at radius 2 is 2.00 bits per heavy atom. The number of halogens is 1. The zero-order chi connectivity index (χ0) is 18.2. The van der Waals surface area contributed by atoms with Crippen molar-refractivity contribution in [1.29, 1.82) is 0 Å². The molecule has 0 spiro atoms. The molecule has 24 heavy (non-hydrogen) atoms. The quantitative estimate of drug-likeness (QED) is 0.580. The van der Waals surface area contributed by atoms with E-state index in [0.29, 0.717) is 27.7 Å². The first-order chi connectivity index (χ1) is 11.0. The summed E-state index contributed by atoms with van der Waals surface area (Å²) < 4.78 is 9.44. The standard InChI is InChI=1S/C16H23BrN2O4Si/c1-10-12(16(21)22)13-11(17)8-18(2)15(20)14(13)19(10)9-23-6-7-24(3,4)5/h8H,6-7,9H2,1-5H3,(H,21,22). The SMILES string of the molecule is Cc1c(C(=O)O)c2c(Br)cn(C)c(=O)c2n1COCC[Si](C)(C)C. The minimum atomic E-state index is -1.21. The first kappa shape index (κ1) is 18.9. The Hall–Kier alpha value is -1.38. The summed E-state index contributed by atoms with van der Waals surface area (Å²) >= 11 is 3.38. The van der Waals surface area contributed by atoms with Crippen LogP contribution in [-0.4, -0.2) is 34.9 Å². The van der Waals surface area contributed by atoms with Crippen molar-refractivity contribution in [2.75, 3.05) is 6.61 Å². The van der Waals surface area contributed by atoms with E-state index in [4.69, 9.17) is 4.74 Å². The number of pyridine rings is 1. The van der Waals surface area contributed by atoms with Gasteiger partial charge in [0.25, 0.3) is 5.56 Å². The minimum Gasteiger partial charge on any atom is -0.478 e. The molecule has 0 aliphatic heterocycles. The first-order valence-corrected chi connectivity index (χ1v) is 12.2. The zero-order valence-corrected chi connectivity index (χ0v) is 17.2. The molecule has 0 bridgehead atoms. The molecule has 132 valence electrons. The van der Waals surface area contributed by atoms with Crippen LogP contribution in [-0.2, 0) is 18.5 Å². The Labute approximate surface area is 150 Å². The van der Waals surface area contributed by atoms with Gasteiger partial charge >= 0.3 is 5.97 Å². The highest BCUT2D eigenvalue weighted by molar-refractivity contribution is 9.10. The molecule has 0 saturated heterocycles. The number of hydrogen-bond acceptors (Lipinski definition) is 3. The third kappa shape index (κ3) is 3.65. The number of carbonyl (C=O) groups is 1. The number of aromatic nitrogens is 2. The summed E-state index contributed by atoms with van der Waals surface area (Å²) in [4.78, 5) is 24.2. The summed E-state index contributed by atoms with van der Waals surface area (Å²) in [5.41, 5.74) is 0.783.